The number of anilines is 1. The summed E-state index contributed by atoms with van der Waals surface area (Å²) in [5, 5.41) is 2.95. The maximum atomic E-state index is 12.1. The van der Waals surface area contributed by atoms with Crippen LogP contribution in [0.5, 0.6) is 5.75 Å². The number of benzene rings is 1. The Morgan fingerprint density at radius 1 is 1.33 bits per heavy atom. The standard InChI is InChI=1S/C17H26N2O2/c1-13-9-14(2)12-19(11-13)8-7-17(20)18-15-5-4-6-16(10-15)21-3/h4-6,10,13-14H,7-9,11-12H2,1-3H3,(H,18,20)/p+1/t13-,14-/m1/s1. The summed E-state index contributed by atoms with van der Waals surface area (Å²) in [5.74, 6) is 2.38. The SMILES string of the molecule is COc1cccc(NC(=O)CC[NH+]2C[C@H](C)C[C@@H](C)C2)c1. The van der Waals surface area contributed by atoms with Crippen molar-refractivity contribution in [3.8, 4) is 5.75 Å². The van der Waals surface area contributed by atoms with Crippen molar-refractivity contribution in [2.75, 3.05) is 32.1 Å². The molecule has 0 saturated carbocycles. The second-order valence-corrected chi connectivity index (χ2v) is 6.38. The van der Waals surface area contributed by atoms with E-state index in [0.29, 0.717) is 6.42 Å². The molecule has 2 rings (SSSR count). The van der Waals surface area contributed by atoms with Gasteiger partial charge in [0.05, 0.1) is 33.2 Å². The molecule has 2 N–H and O–H groups in total. The minimum absolute atomic E-state index is 0.0848. The first-order valence-electron chi connectivity index (χ1n) is 7.84. The highest BCUT2D eigenvalue weighted by molar-refractivity contribution is 5.90. The lowest BCUT2D eigenvalue weighted by Crippen LogP contribution is -3.14. The van der Waals surface area contributed by atoms with Crippen LogP contribution in [0.15, 0.2) is 24.3 Å². The van der Waals surface area contributed by atoms with Crippen LogP contribution in [-0.2, 0) is 4.79 Å². The Morgan fingerprint density at radius 2 is 2.05 bits per heavy atom. The summed E-state index contributed by atoms with van der Waals surface area (Å²) in [4.78, 5) is 13.6. The van der Waals surface area contributed by atoms with Crippen molar-refractivity contribution >= 4 is 11.6 Å². The largest absolute Gasteiger partial charge is 0.497 e. The molecule has 21 heavy (non-hydrogen) atoms. The van der Waals surface area contributed by atoms with Crippen LogP contribution in [0, 0.1) is 11.8 Å². The summed E-state index contributed by atoms with van der Waals surface area (Å²) in [6.45, 7) is 7.93. The maximum Gasteiger partial charge on any atom is 0.230 e. The predicted molar refractivity (Wildman–Crippen MR) is 84.7 cm³/mol. The Balaban J connectivity index is 1.79. The molecule has 0 spiro atoms. The molecular formula is C17H27N2O2+. The van der Waals surface area contributed by atoms with Gasteiger partial charge in [0.25, 0.3) is 0 Å². The van der Waals surface area contributed by atoms with Gasteiger partial charge in [-0.15, -0.1) is 0 Å². The van der Waals surface area contributed by atoms with E-state index >= 15 is 0 Å². The molecule has 1 amide bonds. The lowest BCUT2D eigenvalue weighted by molar-refractivity contribution is -0.911. The van der Waals surface area contributed by atoms with E-state index in [-0.39, 0.29) is 5.91 Å². The first-order valence-corrected chi connectivity index (χ1v) is 7.84. The molecule has 0 aromatic heterocycles. The molecule has 1 aromatic carbocycles. The van der Waals surface area contributed by atoms with E-state index in [4.69, 9.17) is 4.74 Å². The number of likely N-dealkylation sites (tertiary alicyclic amines) is 1. The highest BCUT2D eigenvalue weighted by Gasteiger charge is 2.25. The highest BCUT2D eigenvalue weighted by Crippen LogP contribution is 2.16. The molecule has 1 heterocycles. The van der Waals surface area contributed by atoms with Crippen LogP contribution in [0.1, 0.15) is 26.7 Å². The fourth-order valence-corrected chi connectivity index (χ4v) is 3.34. The van der Waals surface area contributed by atoms with Gasteiger partial charge < -0.3 is 15.0 Å². The van der Waals surface area contributed by atoms with E-state index < -0.39 is 0 Å². The number of carbonyl (C=O) groups excluding carboxylic acids is 1. The van der Waals surface area contributed by atoms with Crippen LogP contribution in [0.4, 0.5) is 5.69 Å². The van der Waals surface area contributed by atoms with E-state index in [2.05, 4.69) is 19.2 Å². The van der Waals surface area contributed by atoms with Gasteiger partial charge in [-0.2, -0.15) is 0 Å². The van der Waals surface area contributed by atoms with Crippen molar-refractivity contribution < 1.29 is 14.4 Å². The van der Waals surface area contributed by atoms with Crippen LogP contribution < -0.4 is 15.0 Å². The normalized spacial score (nSPS) is 25.4. The Hall–Kier alpha value is -1.55. The van der Waals surface area contributed by atoms with Gasteiger partial charge in [-0.05, 0) is 18.6 Å². The summed E-state index contributed by atoms with van der Waals surface area (Å²) in [6.07, 6.45) is 1.89. The van der Waals surface area contributed by atoms with Crippen LogP contribution in [0.3, 0.4) is 0 Å². The Labute approximate surface area is 127 Å². The molecule has 1 saturated heterocycles. The number of hydrogen-bond donors (Lipinski definition) is 2. The van der Waals surface area contributed by atoms with Crippen LogP contribution in [0.2, 0.25) is 0 Å². The van der Waals surface area contributed by atoms with Gasteiger partial charge in [0.15, 0.2) is 0 Å². The second kappa shape index (κ2) is 7.46. The molecular weight excluding hydrogens is 264 g/mol. The van der Waals surface area contributed by atoms with Crippen molar-refractivity contribution in [1.29, 1.82) is 0 Å². The van der Waals surface area contributed by atoms with Gasteiger partial charge in [-0.3, -0.25) is 4.79 Å². The molecule has 0 unspecified atom stereocenters. The third-order valence-electron chi connectivity index (χ3n) is 4.14. The van der Waals surface area contributed by atoms with Crippen molar-refractivity contribution in [1.82, 2.24) is 0 Å². The van der Waals surface area contributed by atoms with Gasteiger partial charge in [0.2, 0.25) is 5.91 Å². The van der Waals surface area contributed by atoms with E-state index in [1.165, 1.54) is 19.5 Å². The minimum Gasteiger partial charge on any atom is -0.497 e. The third-order valence-corrected chi connectivity index (χ3v) is 4.14. The predicted octanol–water partition coefficient (Wildman–Crippen LogP) is 1.58. The number of amides is 1. The van der Waals surface area contributed by atoms with E-state index in [9.17, 15) is 4.79 Å². The van der Waals surface area contributed by atoms with Gasteiger partial charge >= 0.3 is 0 Å². The highest BCUT2D eigenvalue weighted by atomic mass is 16.5. The van der Waals surface area contributed by atoms with E-state index in [1.54, 1.807) is 12.0 Å². The summed E-state index contributed by atoms with van der Waals surface area (Å²) >= 11 is 0. The topological polar surface area (TPSA) is 42.8 Å². The first kappa shape index (κ1) is 15.8. The van der Waals surface area contributed by atoms with Gasteiger partial charge in [-0.1, -0.05) is 19.9 Å². The molecule has 0 aliphatic carbocycles. The molecule has 0 bridgehead atoms. The number of piperidine rings is 1. The smallest absolute Gasteiger partial charge is 0.230 e. The fraction of sp³-hybridized carbons (Fsp3) is 0.588. The zero-order chi connectivity index (χ0) is 15.2. The average Bonchev–Trinajstić information content (AvgIpc) is 2.44. The number of nitrogens with one attached hydrogen (secondary N) is 2. The van der Waals surface area contributed by atoms with Gasteiger partial charge in [-0.25, -0.2) is 0 Å². The molecule has 4 nitrogen and oxygen atoms in total. The number of ether oxygens (including phenoxy) is 1. The Morgan fingerprint density at radius 3 is 2.71 bits per heavy atom. The maximum absolute atomic E-state index is 12.1. The average molecular weight is 291 g/mol. The molecule has 1 aliphatic heterocycles. The number of carbonyl (C=O) groups is 1. The Kier molecular flexibility index (Phi) is 5.62. The van der Waals surface area contributed by atoms with Crippen molar-refractivity contribution in [2.24, 2.45) is 11.8 Å². The quantitative estimate of drug-likeness (QED) is 0.865. The van der Waals surface area contributed by atoms with Gasteiger partial charge in [0, 0.05) is 23.6 Å². The molecule has 4 heteroatoms. The summed E-state index contributed by atoms with van der Waals surface area (Å²) < 4.78 is 5.16. The zero-order valence-electron chi connectivity index (χ0n) is 13.3. The number of quaternary nitrogens is 1. The van der Waals surface area contributed by atoms with Gasteiger partial charge in [0.1, 0.15) is 5.75 Å². The molecule has 1 aromatic rings. The molecule has 1 fully saturated rings. The summed E-state index contributed by atoms with van der Waals surface area (Å²) in [6, 6.07) is 7.48. The molecule has 2 atom stereocenters. The van der Waals surface area contributed by atoms with Crippen LogP contribution >= 0.6 is 0 Å². The number of hydrogen-bond acceptors (Lipinski definition) is 2. The first-order chi connectivity index (χ1) is 10.1. The number of rotatable bonds is 5. The summed E-state index contributed by atoms with van der Waals surface area (Å²) in [5.41, 5.74) is 0.801. The monoisotopic (exact) mass is 291 g/mol. The molecule has 1 aliphatic rings. The number of methoxy groups -OCH3 is 1. The lowest BCUT2D eigenvalue weighted by atomic mass is 9.92. The van der Waals surface area contributed by atoms with Crippen molar-refractivity contribution in [2.45, 2.75) is 26.7 Å². The van der Waals surface area contributed by atoms with E-state index in [1.807, 2.05) is 24.3 Å². The van der Waals surface area contributed by atoms with Crippen LogP contribution in [0.25, 0.3) is 0 Å². The zero-order valence-corrected chi connectivity index (χ0v) is 13.3. The van der Waals surface area contributed by atoms with E-state index in [0.717, 1.165) is 29.8 Å². The van der Waals surface area contributed by atoms with Crippen molar-refractivity contribution in [3.63, 3.8) is 0 Å². The lowest BCUT2D eigenvalue weighted by Gasteiger charge is -2.31. The van der Waals surface area contributed by atoms with Crippen molar-refractivity contribution in [3.05, 3.63) is 24.3 Å². The summed E-state index contributed by atoms with van der Waals surface area (Å²) in [7, 11) is 1.63. The second-order valence-electron chi connectivity index (χ2n) is 6.38. The third kappa shape index (κ3) is 5.05. The Bertz CT molecular complexity index is 466. The molecule has 0 radical (unpaired) electrons. The van der Waals surface area contributed by atoms with Crippen LogP contribution in [-0.4, -0.2) is 32.7 Å². The molecule has 116 valence electrons. The minimum atomic E-state index is 0.0848. The fourth-order valence-electron chi connectivity index (χ4n) is 3.34.